The van der Waals surface area contributed by atoms with Gasteiger partial charge in [-0.15, -0.1) is 0 Å². The number of hydrogen-bond acceptors (Lipinski definition) is 6. The van der Waals surface area contributed by atoms with Crippen LogP contribution in [-0.4, -0.2) is 74.3 Å². The third kappa shape index (κ3) is 58.8. The molecule has 3 unspecified atom stereocenters. The van der Waals surface area contributed by atoms with Crippen molar-refractivity contribution in [1.29, 1.82) is 0 Å². The second-order valence-electron chi connectivity index (χ2n) is 22.2. The smallest absolute Gasteiger partial charge is 0.456 e. The SMILES string of the molecule is CC/C=C\C/C=C\C/C=C\C/C=C\C/C=C\C/C=C\CCC(=O)OC(/C=C\CCCCCCCCCCCC)C(COP(=O)(O)OCC[N+](C)(C)C)NC(=O)CCCCCCCCC/C=C\C/C=C\C/C=C\C/C=C\CCCCC. The highest BCUT2D eigenvalue weighted by Crippen LogP contribution is 2.43. The largest absolute Gasteiger partial charge is 0.472 e. The molecule has 0 aliphatic rings. The van der Waals surface area contributed by atoms with Crippen molar-refractivity contribution < 1.29 is 37.3 Å². The Balaban J connectivity index is 5.35. The van der Waals surface area contributed by atoms with Crippen LogP contribution in [0, 0.1) is 0 Å². The molecule has 0 aromatic rings. The predicted octanol–water partition coefficient (Wildman–Crippen LogP) is 20.1. The number of carbonyl (C=O) groups excluding carboxylic acids is 2. The molecule has 0 aliphatic heterocycles. The van der Waals surface area contributed by atoms with Crippen LogP contribution in [0.3, 0.4) is 0 Å². The Bertz CT molecular complexity index is 1830. The minimum absolute atomic E-state index is 0.0193. The zero-order chi connectivity index (χ0) is 58.6. The summed E-state index contributed by atoms with van der Waals surface area (Å²) in [5.41, 5.74) is 0. The second-order valence-corrected chi connectivity index (χ2v) is 23.6. The van der Waals surface area contributed by atoms with E-state index in [1.165, 1.54) is 96.3 Å². The Hall–Kier alpha value is -3.85. The van der Waals surface area contributed by atoms with Gasteiger partial charge in [0.1, 0.15) is 19.3 Å². The summed E-state index contributed by atoms with van der Waals surface area (Å²) in [6, 6.07) is -0.895. The summed E-state index contributed by atoms with van der Waals surface area (Å²) >= 11 is 0. The van der Waals surface area contributed by atoms with Crippen molar-refractivity contribution >= 4 is 19.7 Å². The molecule has 0 saturated heterocycles. The Morgan fingerprint density at radius 1 is 0.450 bits per heavy atom. The molecule has 0 bridgehead atoms. The molecule has 3 atom stereocenters. The molecule has 0 radical (unpaired) electrons. The fourth-order valence-corrected chi connectivity index (χ4v) is 9.15. The molecule has 2 N–H and O–H groups in total. The molecule has 0 saturated carbocycles. The molecule has 9 nitrogen and oxygen atoms in total. The van der Waals surface area contributed by atoms with E-state index in [0.29, 0.717) is 23.9 Å². The number of quaternary nitrogens is 1. The molecule has 0 aromatic heterocycles. The molecule has 1 amide bonds. The van der Waals surface area contributed by atoms with E-state index < -0.39 is 25.9 Å². The van der Waals surface area contributed by atoms with Crippen LogP contribution in [0.15, 0.2) is 134 Å². The van der Waals surface area contributed by atoms with Crippen LogP contribution in [0.1, 0.15) is 245 Å². The van der Waals surface area contributed by atoms with E-state index in [1.54, 1.807) is 0 Å². The van der Waals surface area contributed by atoms with E-state index >= 15 is 0 Å². The van der Waals surface area contributed by atoms with Gasteiger partial charge >= 0.3 is 13.8 Å². The molecule has 0 rings (SSSR count). The standard InChI is InChI=1S/C70H119N2O7P/c1-7-10-13-16-19-22-25-28-30-32-34-35-36-37-39-40-42-44-47-50-53-56-59-62-69(73)71-67(66-78-80(75,76)77-65-64-72(4,5)6)68(61-58-55-52-49-46-27-24-21-18-15-12-9-3)79-70(74)63-60-57-54-51-48-45-43-41-38-33-31-29-26-23-20-17-14-11-8-2/h11,14,19-20,22-23,28-31,34-35,37-39,41,45,48,54,57-58,61,67-68H,7-10,12-13,15-18,21,24-27,32-33,36,40,42-44,46-47,49-53,55-56,59-60,62-66H2,1-6H3,(H-,71,73,75,76)/p+1/b14-11-,22-19-,23-20-,30-28-,31-29-,35-34-,39-37-,41-38-,48-45-,57-54-,61-58-. The van der Waals surface area contributed by atoms with Gasteiger partial charge in [0.25, 0.3) is 0 Å². The number of nitrogens with zero attached hydrogens (tertiary/aromatic N) is 1. The van der Waals surface area contributed by atoms with Gasteiger partial charge in [0, 0.05) is 12.8 Å². The summed E-state index contributed by atoms with van der Waals surface area (Å²) in [6.45, 7) is 6.80. The van der Waals surface area contributed by atoms with E-state index in [4.69, 9.17) is 13.8 Å². The molecular formula is C70H120N2O7P+. The van der Waals surface area contributed by atoms with Gasteiger partial charge in [-0.2, -0.15) is 0 Å². The summed E-state index contributed by atoms with van der Waals surface area (Å²) in [5.74, 6) is -0.624. The maximum Gasteiger partial charge on any atom is 0.472 e. The minimum Gasteiger partial charge on any atom is -0.456 e. The molecule has 0 aromatic carbocycles. The number of esters is 1. The van der Waals surface area contributed by atoms with Gasteiger partial charge in [-0.05, 0) is 115 Å². The third-order valence-electron chi connectivity index (χ3n) is 13.3. The second kappa shape index (κ2) is 58.4. The van der Waals surface area contributed by atoms with Gasteiger partial charge in [-0.3, -0.25) is 18.6 Å². The minimum atomic E-state index is -4.48. The number of phosphoric acid groups is 1. The number of carbonyl (C=O) groups is 2. The molecule has 10 heteroatoms. The van der Waals surface area contributed by atoms with E-state index in [2.05, 4.69) is 142 Å². The number of ether oxygens (including phenoxy) is 1. The molecule has 0 heterocycles. The molecule has 456 valence electrons. The predicted molar refractivity (Wildman–Crippen MR) is 346 cm³/mol. The third-order valence-corrected chi connectivity index (χ3v) is 14.3. The van der Waals surface area contributed by atoms with Crippen LogP contribution in [0.25, 0.3) is 0 Å². The Labute approximate surface area is 492 Å². The van der Waals surface area contributed by atoms with Crippen molar-refractivity contribution in [2.45, 2.75) is 258 Å². The summed E-state index contributed by atoms with van der Waals surface area (Å²) in [6.07, 6.45) is 83.2. The molecule has 0 spiro atoms. The Kier molecular flexibility index (Phi) is 55.5. The van der Waals surface area contributed by atoms with E-state index in [1.807, 2.05) is 39.4 Å². The number of allylic oxidation sites excluding steroid dienone is 21. The van der Waals surface area contributed by atoms with Crippen LogP contribution in [0.5, 0.6) is 0 Å². The van der Waals surface area contributed by atoms with Gasteiger partial charge < -0.3 is 19.4 Å². The number of unbranched alkanes of at least 4 members (excludes halogenated alkanes) is 20. The summed E-state index contributed by atoms with van der Waals surface area (Å²) in [5, 5.41) is 3.03. The van der Waals surface area contributed by atoms with E-state index in [9.17, 15) is 19.0 Å². The van der Waals surface area contributed by atoms with Gasteiger partial charge in [-0.25, -0.2) is 4.57 Å². The maximum absolute atomic E-state index is 13.6. The van der Waals surface area contributed by atoms with E-state index in [0.717, 1.165) is 109 Å². The first kappa shape index (κ1) is 76.1. The van der Waals surface area contributed by atoms with Gasteiger partial charge in [0.2, 0.25) is 5.91 Å². The number of rotatable bonds is 56. The maximum atomic E-state index is 13.6. The first-order valence-corrected chi connectivity index (χ1v) is 33.5. The summed E-state index contributed by atoms with van der Waals surface area (Å²) in [4.78, 5) is 37.7. The fraction of sp³-hybridized carbons (Fsp3) is 0.657. The van der Waals surface area contributed by atoms with E-state index in [-0.39, 0.29) is 25.5 Å². The lowest BCUT2D eigenvalue weighted by Crippen LogP contribution is -2.47. The normalized spacial score (nSPS) is 14.5. The van der Waals surface area contributed by atoms with Crippen molar-refractivity contribution in [3.8, 4) is 0 Å². The molecule has 80 heavy (non-hydrogen) atoms. The first-order chi connectivity index (χ1) is 38.9. The summed E-state index contributed by atoms with van der Waals surface area (Å²) < 4.78 is 30.6. The fourth-order valence-electron chi connectivity index (χ4n) is 8.42. The van der Waals surface area contributed by atoms with Crippen LogP contribution >= 0.6 is 7.82 Å². The van der Waals surface area contributed by atoms with Gasteiger partial charge in [-0.1, -0.05) is 251 Å². The highest BCUT2D eigenvalue weighted by Gasteiger charge is 2.30. The topological polar surface area (TPSA) is 111 Å². The monoisotopic (exact) mass is 1130 g/mol. The number of amides is 1. The van der Waals surface area contributed by atoms with Crippen molar-refractivity contribution in [2.75, 3.05) is 40.9 Å². The lowest BCUT2D eigenvalue weighted by Gasteiger charge is -2.27. The highest BCUT2D eigenvalue weighted by atomic mass is 31.2. The highest BCUT2D eigenvalue weighted by molar-refractivity contribution is 7.47. The Morgan fingerprint density at radius 2 is 0.812 bits per heavy atom. The average Bonchev–Trinajstić information content (AvgIpc) is 3.43. The number of phosphoric ester groups is 1. The number of hydrogen-bond donors (Lipinski definition) is 2. The number of nitrogens with one attached hydrogen (secondary N) is 1. The van der Waals surface area contributed by atoms with Gasteiger partial charge in [0.05, 0.1) is 33.8 Å². The van der Waals surface area contributed by atoms with Crippen molar-refractivity contribution in [1.82, 2.24) is 5.32 Å². The Morgan fingerprint density at radius 3 is 1.25 bits per heavy atom. The zero-order valence-electron chi connectivity index (χ0n) is 52.0. The molecule has 0 fully saturated rings. The average molecular weight is 1130 g/mol. The molecular weight excluding hydrogens is 1010 g/mol. The van der Waals surface area contributed by atoms with Gasteiger partial charge in [0.15, 0.2) is 0 Å². The number of likely N-dealkylation sites (N-methyl/N-ethyl adjacent to an activating group) is 1. The van der Waals surface area contributed by atoms with Crippen molar-refractivity contribution in [2.24, 2.45) is 0 Å². The molecule has 0 aliphatic carbocycles. The van der Waals surface area contributed by atoms with Crippen LogP contribution in [0.2, 0.25) is 0 Å². The lowest BCUT2D eigenvalue weighted by atomic mass is 10.0. The van der Waals surface area contributed by atoms with Crippen molar-refractivity contribution in [3.05, 3.63) is 134 Å². The quantitative estimate of drug-likeness (QED) is 0.0205. The van der Waals surface area contributed by atoms with Crippen LogP contribution in [0.4, 0.5) is 0 Å². The van der Waals surface area contributed by atoms with Crippen molar-refractivity contribution in [3.63, 3.8) is 0 Å². The van der Waals surface area contributed by atoms with Crippen LogP contribution in [-0.2, 0) is 27.9 Å². The lowest BCUT2D eigenvalue weighted by molar-refractivity contribution is -0.870. The zero-order valence-corrected chi connectivity index (χ0v) is 52.9. The summed E-state index contributed by atoms with van der Waals surface area (Å²) in [7, 11) is 1.43. The first-order valence-electron chi connectivity index (χ1n) is 32.0. The van der Waals surface area contributed by atoms with Crippen LogP contribution < -0.4 is 5.32 Å².